The number of hydrogen-bond donors (Lipinski definition) is 0. The van der Waals surface area contributed by atoms with E-state index in [0.717, 1.165) is 0 Å². The number of aryl methyl sites for hydroxylation is 1. The monoisotopic (exact) mass is 337 g/mol. The van der Waals surface area contributed by atoms with Gasteiger partial charge in [-0.2, -0.15) is 15.0 Å². The Hall–Kier alpha value is -2.14. The number of likely N-dealkylation sites (N-methyl/N-ethyl adjacent to an activating group) is 2. The second kappa shape index (κ2) is 4.48. The van der Waals surface area contributed by atoms with Crippen LogP contribution in [0.4, 0.5) is 0 Å². The summed E-state index contributed by atoms with van der Waals surface area (Å²) in [4.78, 5) is 28.7. The maximum Gasteiger partial charge on any atom is 0.290 e. The average Bonchev–Trinajstić information content (AvgIpc) is 3.12. The van der Waals surface area contributed by atoms with Crippen molar-refractivity contribution in [3.05, 3.63) is 31.6 Å². The van der Waals surface area contributed by atoms with Gasteiger partial charge < -0.3 is 0 Å². The molecule has 0 amide bonds. The molecule has 130 valence electrons. The highest BCUT2D eigenvalue weighted by Crippen LogP contribution is 2.57. The molecule has 11 heteroatoms. The lowest BCUT2D eigenvalue weighted by Crippen LogP contribution is -2.63. The van der Waals surface area contributed by atoms with E-state index in [1.165, 1.54) is 4.80 Å². The number of rotatable bonds is 2. The molecular weight excluding hydrogens is 318 g/mol. The lowest BCUT2D eigenvalue weighted by atomic mass is 9.61. The van der Waals surface area contributed by atoms with E-state index < -0.39 is 22.9 Å². The first-order valence-corrected chi connectivity index (χ1v) is 7.81. The molecule has 0 saturated carbocycles. The Bertz CT molecular complexity index is 751. The van der Waals surface area contributed by atoms with Crippen LogP contribution in [0.3, 0.4) is 0 Å². The van der Waals surface area contributed by atoms with E-state index in [9.17, 15) is 20.2 Å². The van der Waals surface area contributed by atoms with Crippen molar-refractivity contribution < 1.29 is 9.85 Å². The molecule has 3 aliphatic rings. The fourth-order valence-corrected chi connectivity index (χ4v) is 5.16. The quantitative estimate of drug-likeness (QED) is 0.492. The molecule has 0 spiro atoms. The van der Waals surface area contributed by atoms with Crippen molar-refractivity contribution in [2.24, 2.45) is 13.0 Å². The van der Waals surface area contributed by atoms with Gasteiger partial charge >= 0.3 is 0 Å². The van der Waals surface area contributed by atoms with Crippen molar-refractivity contribution in [1.82, 2.24) is 24.8 Å². The van der Waals surface area contributed by atoms with Crippen molar-refractivity contribution in [1.29, 1.82) is 0 Å². The van der Waals surface area contributed by atoms with Crippen molar-refractivity contribution in [3.63, 3.8) is 0 Å². The molecule has 2 fully saturated rings. The van der Waals surface area contributed by atoms with Gasteiger partial charge in [0, 0.05) is 30.0 Å². The van der Waals surface area contributed by atoms with E-state index >= 15 is 0 Å². The second-order valence-electron chi connectivity index (χ2n) is 7.35. The summed E-state index contributed by atoms with van der Waals surface area (Å²) in [6.07, 6.45) is 0. The minimum Gasteiger partial charge on any atom is -0.299 e. The Morgan fingerprint density at radius 1 is 1.04 bits per heavy atom. The summed E-state index contributed by atoms with van der Waals surface area (Å²) in [7, 11) is 5.18. The van der Waals surface area contributed by atoms with Crippen molar-refractivity contribution in [2.75, 3.05) is 40.3 Å². The lowest BCUT2D eigenvalue weighted by molar-refractivity contribution is -0.635. The summed E-state index contributed by atoms with van der Waals surface area (Å²) < 4.78 is 0. The fourth-order valence-electron chi connectivity index (χ4n) is 5.16. The molecule has 11 nitrogen and oxygen atoms in total. The van der Waals surface area contributed by atoms with Gasteiger partial charge in [0.25, 0.3) is 11.1 Å². The Morgan fingerprint density at radius 2 is 1.71 bits per heavy atom. The summed E-state index contributed by atoms with van der Waals surface area (Å²) >= 11 is 0. The minimum absolute atomic E-state index is 0.113. The Morgan fingerprint density at radius 3 is 2.33 bits per heavy atom. The Kier molecular flexibility index (Phi) is 2.87. The van der Waals surface area contributed by atoms with Crippen LogP contribution >= 0.6 is 0 Å². The molecule has 0 aromatic carbocycles. The SMILES string of the molecule is CN1C[C@H]2c3nn(C)nc3[C@]3([N+](=O)[O-])CN(C)C[C@@H]3[C@@]2([N+](=O)[O-])C1. The van der Waals surface area contributed by atoms with E-state index in [0.29, 0.717) is 24.5 Å². The largest absolute Gasteiger partial charge is 0.299 e. The number of aromatic nitrogens is 3. The molecule has 1 aromatic rings. The molecule has 4 atom stereocenters. The first-order chi connectivity index (χ1) is 11.2. The highest BCUT2D eigenvalue weighted by molar-refractivity contribution is 5.37. The molecule has 0 bridgehead atoms. The van der Waals surface area contributed by atoms with E-state index in [4.69, 9.17) is 0 Å². The third-order valence-electron chi connectivity index (χ3n) is 5.95. The van der Waals surface area contributed by atoms with Gasteiger partial charge in [-0.3, -0.25) is 30.0 Å². The maximum atomic E-state index is 12.2. The number of fused-ring (bicyclic) bond motifs is 6. The van der Waals surface area contributed by atoms with Gasteiger partial charge in [0.15, 0.2) is 5.69 Å². The highest BCUT2D eigenvalue weighted by atomic mass is 16.6. The first kappa shape index (κ1) is 15.4. The van der Waals surface area contributed by atoms with Crippen LogP contribution in [0.1, 0.15) is 17.3 Å². The van der Waals surface area contributed by atoms with Crippen LogP contribution in [0.5, 0.6) is 0 Å². The number of nitro groups is 2. The number of nitrogens with zero attached hydrogens (tertiary/aromatic N) is 7. The average molecular weight is 337 g/mol. The van der Waals surface area contributed by atoms with Crippen molar-refractivity contribution in [3.8, 4) is 0 Å². The zero-order valence-corrected chi connectivity index (χ0v) is 13.7. The van der Waals surface area contributed by atoms with Crippen LogP contribution < -0.4 is 0 Å². The third kappa shape index (κ3) is 1.53. The van der Waals surface area contributed by atoms with E-state index in [1.807, 2.05) is 11.9 Å². The fraction of sp³-hybridized carbons (Fsp3) is 0.846. The lowest BCUT2D eigenvalue weighted by Gasteiger charge is -2.39. The molecule has 0 unspecified atom stereocenters. The molecule has 24 heavy (non-hydrogen) atoms. The number of hydrogen-bond acceptors (Lipinski definition) is 8. The van der Waals surface area contributed by atoms with Gasteiger partial charge in [-0.15, -0.1) is 0 Å². The Labute approximate surface area is 137 Å². The van der Waals surface area contributed by atoms with Crippen molar-refractivity contribution in [2.45, 2.75) is 17.0 Å². The van der Waals surface area contributed by atoms with Crippen LogP contribution in [0.15, 0.2) is 0 Å². The zero-order chi connectivity index (χ0) is 17.4. The first-order valence-electron chi connectivity index (χ1n) is 7.81. The summed E-state index contributed by atoms with van der Waals surface area (Å²) in [6, 6.07) is 0. The van der Waals surface area contributed by atoms with Gasteiger partial charge in [-0.1, -0.05) is 0 Å². The molecule has 2 saturated heterocycles. The maximum absolute atomic E-state index is 12.2. The molecule has 1 aromatic heterocycles. The normalized spacial score (nSPS) is 38.6. The van der Waals surface area contributed by atoms with Gasteiger partial charge in [-0.05, 0) is 14.1 Å². The zero-order valence-electron chi connectivity index (χ0n) is 13.7. The molecule has 1 aliphatic carbocycles. The second-order valence-corrected chi connectivity index (χ2v) is 7.35. The third-order valence-corrected chi connectivity index (χ3v) is 5.95. The summed E-state index contributed by atoms with van der Waals surface area (Å²) in [6.45, 7) is 1.07. The molecule has 0 radical (unpaired) electrons. The van der Waals surface area contributed by atoms with Crippen LogP contribution in [-0.2, 0) is 12.6 Å². The van der Waals surface area contributed by atoms with Gasteiger partial charge in [0.1, 0.15) is 11.6 Å². The van der Waals surface area contributed by atoms with E-state index in [1.54, 1.807) is 19.0 Å². The van der Waals surface area contributed by atoms with Crippen LogP contribution in [0, 0.1) is 26.1 Å². The molecule has 4 rings (SSSR count). The number of likely N-dealkylation sites (tertiary alicyclic amines) is 2. The summed E-state index contributed by atoms with van der Waals surface area (Å²) in [5.41, 5.74) is -2.26. The Balaban J connectivity index is 2.06. The van der Waals surface area contributed by atoms with Crippen LogP contribution in [0.25, 0.3) is 0 Å². The molecular formula is C13H19N7O4. The standard InChI is InChI=1S/C13H19N7O4/c1-16-4-8-10-11(15-18(3)14-10)13(20(23)24)7-17(2)5-9(13)12(8,6-16)19(21)22/h8-9H,4-7H2,1-3H3/t8-,9+,12+,13-/m0/s1. The van der Waals surface area contributed by atoms with E-state index in [-0.39, 0.29) is 22.9 Å². The molecule has 3 heterocycles. The minimum atomic E-state index is -1.58. The topological polar surface area (TPSA) is 123 Å². The van der Waals surface area contributed by atoms with E-state index in [2.05, 4.69) is 10.2 Å². The molecule has 2 aliphatic heterocycles. The predicted molar refractivity (Wildman–Crippen MR) is 80.6 cm³/mol. The highest BCUT2D eigenvalue weighted by Gasteiger charge is 2.79. The van der Waals surface area contributed by atoms with Crippen LogP contribution in [-0.4, -0.2) is 80.5 Å². The molecule has 0 N–H and O–H groups in total. The smallest absolute Gasteiger partial charge is 0.290 e. The van der Waals surface area contributed by atoms with Gasteiger partial charge in [-0.25, -0.2) is 0 Å². The predicted octanol–water partition coefficient (Wildman–Crippen LogP) is -1.09. The van der Waals surface area contributed by atoms with Crippen LogP contribution in [0.2, 0.25) is 0 Å². The summed E-state index contributed by atoms with van der Waals surface area (Å²) in [5, 5.41) is 33.0. The summed E-state index contributed by atoms with van der Waals surface area (Å²) in [5.74, 6) is -1.22. The van der Waals surface area contributed by atoms with Crippen molar-refractivity contribution >= 4 is 0 Å². The van der Waals surface area contributed by atoms with Gasteiger partial charge in [0.05, 0.1) is 19.0 Å². The van der Waals surface area contributed by atoms with Gasteiger partial charge in [0.2, 0.25) is 0 Å².